The number of ketones is 1. The van der Waals surface area contributed by atoms with Gasteiger partial charge in [-0.25, -0.2) is 0 Å². The molecule has 5 nitrogen and oxygen atoms in total. The first-order valence-electron chi connectivity index (χ1n) is 6.03. The Balaban J connectivity index is 1.92. The van der Waals surface area contributed by atoms with Gasteiger partial charge in [0.15, 0.2) is 11.8 Å². The van der Waals surface area contributed by atoms with Crippen LogP contribution in [0.2, 0.25) is 0 Å². The number of hydrogen-bond donors (Lipinski definition) is 1. The number of anilines is 1. The summed E-state index contributed by atoms with van der Waals surface area (Å²) in [6.07, 6.45) is 0. The molecule has 1 atom stereocenters. The second-order valence-electron chi connectivity index (χ2n) is 4.45. The Morgan fingerprint density at radius 1 is 1.17 bits per heavy atom. The van der Waals surface area contributed by atoms with Crippen molar-refractivity contribution in [2.24, 2.45) is 0 Å². The maximum Gasteiger partial charge on any atom is 0.249 e. The number of ether oxygens (including phenoxy) is 1. The Morgan fingerprint density at radius 2 is 1.89 bits per heavy atom. The van der Waals surface area contributed by atoms with Crippen LogP contribution in [-0.2, 0) is 9.53 Å². The van der Waals surface area contributed by atoms with Crippen LogP contribution in [0.15, 0.2) is 24.3 Å². The fraction of sp³-hybridized carbons (Fsp3) is 0.385. The molecule has 3 rings (SSSR count). The van der Waals surface area contributed by atoms with Gasteiger partial charge in [0, 0.05) is 18.7 Å². The lowest BCUT2D eigenvalue weighted by atomic mass is 9.96. The number of Topliss-reactive ketones (excluding diaryl/α,β-unsaturated/α-hetero) is 1. The Morgan fingerprint density at radius 3 is 2.67 bits per heavy atom. The van der Waals surface area contributed by atoms with Crippen LogP contribution in [0.1, 0.15) is 10.4 Å². The third-order valence-corrected chi connectivity index (χ3v) is 3.36. The summed E-state index contributed by atoms with van der Waals surface area (Å²) < 4.78 is 5.25. The van der Waals surface area contributed by atoms with E-state index in [0.717, 1.165) is 0 Å². The Bertz CT molecular complexity index is 495. The highest BCUT2D eigenvalue weighted by Crippen LogP contribution is 2.24. The van der Waals surface area contributed by atoms with E-state index in [4.69, 9.17) is 4.74 Å². The molecule has 1 N–H and O–H groups in total. The average molecular weight is 246 g/mol. The maximum absolute atomic E-state index is 12.4. The van der Waals surface area contributed by atoms with Crippen molar-refractivity contribution in [1.82, 2.24) is 4.90 Å². The highest BCUT2D eigenvalue weighted by molar-refractivity contribution is 6.23. The fourth-order valence-corrected chi connectivity index (χ4v) is 2.44. The van der Waals surface area contributed by atoms with E-state index >= 15 is 0 Å². The Hall–Kier alpha value is -1.72. The van der Waals surface area contributed by atoms with Crippen molar-refractivity contribution >= 4 is 17.4 Å². The molecule has 0 radical (unpaired) electrons. The summed E-state index contributed by atoms with van der Waals surface area (Å²) in [7, 11) is 0. The minimum atomic E-state index is -0.705. The molecule has 0 saturated carbocycles. The molecule has 18 heavy (non-hydrogen) atoms. The van der Waals surface area contributed by atoms with Crippen LogP contribution in [-0.4, -0.2) is 48.9 Å². The lowest BCUT2D eigenvalue weighted by Crippen LogP contribution is -2.55. The number of nitrogens with one attached hydrogen (secondary N) is 1. The molecule has 1 amide bonds. The van der Waals surface area contributed by atoms with Gasteiger partial charge in [0.25, 0.3) is 0 Å². The van der Waals surface area contributed by atoms with Crippen molar-refractivity contribution in [2.75, 3.05) is 31.6 Å². The second-order valence-corrected chi connectivity index (χ2v) is 4.45. The zero-order chi connectivity index (χ0) is 12.5. The van der Waals surface area contributed by atoms with Gasteiger partial charge in [-0.05, 0) is 12.1 Å². The van der Waals surface area contributed by atoms with Crippen LogP contribution in [0, 0.1) is 0 Å². The molecule has 94 valence electrons. The lowest BCUT2D eigenvalue weighted by molar-refractivity contribution is -0.121. The van der Waals surface area contributed by atoms with E-state index in [1.807, 2.05) is 11.0 Å². The summed E-state index contributed by atoms with van der Waals surface area (Å²) in [6, 6.07) is 6.42. The molecule has 0 aliphatic carbocycles. The molecule has 0 spiro atoms. The minimum absolute atomic E-state index is 0.115. The van der Waals surface area contributed by atoms with Crippen molar-refractivity contribution in [3.05, 3.63) is 29.8 Å². The van der Waals surface area contributed by atoms with E-state index in [9.17, 15) is 9.59 Å². The van der Waals surface area contributed by atoms with Crippen LogP contribution in [0.3, 0.4) is 0 Å². The number of nitrogens with zero attached hydrogens (tertiary/aromatic N) is 1. The molecule has 1 fully saturated rings. The first-order chi connectivity index (χ1) is 8.77. The molecule has 1 aromatic carbocycles. The van der Waals surface area contributed by atoms with Gasteiger partial charge in [-0.1, -0.05) is 12.1 Å². The van der Waals surface area contributed by atoms with Crippen LogP contribution in [0.25, 0.3) is 0 Å². The van der Waals surface area contributed by atoms with Crippen LogP contribution in [0.4, 0.5) is 5.69 Å². The van der Waals surface area contributed by atoms with Crippen molar-refractivity contribution in [3.8, 4) is 0 Å². The first kappa shape index (κ1) is 11.4. The average Bonchev–Trinajstić information content (AvgIpc) is 2.40. The van der Waals surface area contributed by atoms with Crippen LogP contribution >= 0.6 is 0 Å². The van der Waals surface area contributed by atoms with Gasteiger partial charge >= 0.3 is 0 Å². The van der Waals surface area contributed by atoms with Crippen molar-refractivity contribution in [1.29, 1.82) is 0 Å². The summed E-state index contributed by atoms with van der Waals surface area (Å²) in [5.74, 6) is -0.350. The van der Waals surface area contributed by atoms with E-state index in [1.165, 1.54) is 0 Å². The van der Waals surface area contributed by atoms with Crippen molar-refractivity contribution in [2.45, 2.75) is 6.04 Å². The molecule has 2 aliphatic rings. The summed E-state index contributed by atoms with van der Waals surface area (Å²) in [5, 5.41) is 2.80. The number of carbonyl (C=O) groups excluding carboxylic acids is 2. The number of fused-ring (bicyclic) bond motifs is 1. The number of hydrogen-bond acceptors (Lipinski definition) is 4. The van der Waals surface area contributed by atoms with E-state index in [2.05, 4.69) is 5.32 Å². The Kier molecular flexibility index (Phi) is 2.85. The van der Waals surface area contributed by atoms with Gasteiger partial charge in [0.05, 0.1) is 18.9 Å². The third kappa shape index (κ3) is 1.81. The van der Waals surface area contributed by atoms with E-state index in [1.54, 1.807) is 18.2 Å². The van der Waals surface area contributed by atoms with Crippen molar-refractivity contribution in [3.63, 3.8) is 0 Å². The zero-order valence-corrected chi connectivity index (χ0v) is 9.89. The fourth-order valence-electron chi connectivity index (χ4n) is 2.44. The van der Waals surface area contributed by atoms with Crippen molar-refractivity contribution < 1.29 is 14.3 Å². The number of carbonyl (C=O) groups is 2. The normalized spacial score (nSPS) is 24.6. The van der Waals surface area contributed by atoms with Crippen LogP contribution in [0.5, 0.6) is 0 Å². The van der Waals surface area contributed by atoms with Crippen LogP contribution < -0.4 is 5.32 Å². The molecule has 5 heteroatoms. The molecule has 0 bridgehead atoms. The molecular formula is C13H14N2O3. The summed E-state index contributed by atoms with van der Waals surface area (Å²) in [4.78, 5) is 26.3. The quantitative estimate of drug-likeness (QED) is 0.734. The predicted molar refractivity (Wildman–Crippen MR) is 65.6 cm³/mol. The Labute approximate surface area is 105 Å². The highest BCUT2D eigenvalue weighted by Gasteiger charge is 2.38. The minimum Gasteiger partial charge on any atom is -0.379 e. The van der Waals surface area contributed by atoms with Gasteiger partial charge in [0.1, 0.15) is 0 Å². The number of rotatable bonds is 1. The molecule has 2 heterocycles. The maximum atomic E-state index is 12.4. The van der Waals surface area contributed by atoms with Gasteiger partial charge in [-0.2, -0.15) is 0 Å². The molecule has 1 aromatic rings. The van der Waals surface area contributed by atoms with Gasteiger partial charge in [0.2, 0.25) is 5.91 Å². The number of para-hydroxylation sites is 1. The summed E-state index contributed by atoms with van der Waals surface area (Å²) in [6.45, 7) is 2.37. The molecule has 1 unspecified atom stereocenters. The standard InChI is InChI=1S/C13H14N2O3/c16-12-9-3-1-2-4-10(9)14-13(17)11(12)15-5-7-18-8-6-15/h1-4,11H,5-8H2,(H,14,17). The first-order valence-corrected chi connectivity index (χ1v) is 6.03. The monoisotopic (exact) mass is 246 g/mol. The van der Waals surface area contributed by atoms with E-state index < -0.39 is 6.04 Å². The summed E-state index contributed by atoms with van der Waals surface area (Å²) in [5.41, 5.74) is 1.20. The number of morpholine rings is 1. The molecule has 2 aliphatic heterocycles. The number of amides is 1. The van der Waals surface area contributed by atoms with Gasteiger partial charge in [-0.15, -0.1) is 0 Å². The predicted octanol–water partition coefficient (Wildman–Crippen LogP) is 0.522. The van der Waals surface area contributed by atoms with Gasteiger partial charge < -0.3 is 10.1 Å². The highest BCUT2D eigenvalue weighted by atomic mass is 16.5. The molecule has 1 saturated heterocycles. The van der Waals surface area contributed by atoms with Gasteiger partial charge in [-0.3, -0.25) is 14.5 Å². The molecular weight excluding hydrogens is 232 g/mol. The SMILES string of the molecule is O=C1Nc2ccccc2C(=O)C1N1CCOCC1. The topological polar surface area (TPSA) is 58.6 Å². The van der Waals surface area contributed by atoms with E-state index in [0.29, 0.717) is 37.6 Å². The van der Waals surface area contributed by atoms with E-state index in [-0.39, 0.29) is 11.7 Å². The lowest BCUT2D eigenvalue weighted by Gasteiger charge is -2.35. The largest absolute Gasteiger partial charge is 0.379 e. The summed E-state index contributed by atoms with van der Waals surface area (Å²) >= 11 is 0. The smallest absolute Gasteiger partial charge is 0.249 e. The second kappa shape index (κ2) is 4.51. The zero-order valence-electron chi connectivity index (χ0n) is 9.89. The third-order valence-electron chi connectivity index (χ3n) is 3.36. The molecule has 0 aromatic heterocycles. The number of benzene rings is 1.